The predicted molar refractivity (Wildman–Crippen MR) is 115 cm³/mol. The van der Waals surface area contributed by atoms with Crippen LogP contribution < -0.4 is 16.0 Å². The second kappa shape index (κ2) is 7.58. The van der Waals surface area contributed by atoms with Crippen molar-refractivity contribution >= 4 is 42.5 Å². The van der Waals surface area contributed by atoms with E-state index in [-0.39, 0.29) is 6.03 Å². The van der Waals surface area contributed by atoms with E-state index in [1.165, 1.54) is 5.56 Å². The van der Waals surface area contributed by atoms with Gasteiger partial charge in [0.15, 0.2) is 0 Å². The molecule has 1 heterocycles. The van der Waals surface area contributed by atoms with E-state index < -0.39 is 8.07 Å². The zero-order valence-electron chi connectivity index (χ0n) is 15.9. The SMILES string of the molecule is Cc1ccc(-n2nc([Si](C)(C)C)cc2NC(=O)Nc2ccc(Cl)cc2)cc1. The van der Waals surface area contributed by atoms with Crippen molar-refractivity contribution in [1.29, 1.82) is 0 Å². The van der Waals surface area contributed by atoms with Gasteiger partial charge >= 0.3 is 6.03 Å². The number of urea groups is 1. The second-order valence-electron chi connectivity index (χ2n) is 7.50. The van der Waals surface area contributed by atoms with Gasteiger partial charge in [-0.1, -0.05) is 48.9 Å². The number of aryl methyl sites for hydroxylation is 1. The highest BCUT2D eigenvalue weighted by molar-refractivity contribution is 6.88. The molecule has 0 aliphatic heterocycles. The average Bonchev–Trinajstić information content (AvgIpc) is 3.02. The number of rotatable bonds is 4. The molecule has 5 nitrogen and oxygen atoms in total. The van der Waals surface area contributed by atoms with Crippen molar-refractivity contribution in [2.45, 2.75) is 26.6 Å². The standard InChI is InChI=1S/C20H23ClN4OSi/c1-14-5-11-17(12-6-14)25-18(13-19(24-25)27(2,3)4)23-20(26)22-16-9-7-15(21)8-10-16/h5-13H,1-4H3,(H2,22,23,26). The number of benzene rings is 2. The third-order valence-corrected chi connectivity index (χ3v) is 6.13. The highest BCUT2D eigenvalue weighted by atomic mass is 35.5. The first kappa shape index (κ1) is 19.2. The molecular formula is C20H23ClN4OSi. The number of carbonyl (C=O) groups is 1. The zero-order valence-corrected chi connectivity index (χ0v) is 17.6. The summed E-state index contributed by atoms with van der Waals surface area (Å²) in [4.78, 5) is 12.5. The van der Waals surface area contributed by atoms with Crippen LogP contribution in [-0.2, 0) is 0 Å². The van der Waals surface area contributed by atoms with Crippen LogP contribution in [-0.4, -0.2) is 23.9 Å². The zero-order chi connectivity index (χ0) is 19.6. The smallest absolute Gasteiger partial charge is 0.308 e. The van der Waals surface area contributed by atoms with Gasteiger partial charge in [0.05, 0.1) is 5.69 Å². The molecule has 0 unspecified atom stereocenters. The van der Waals surface area contributed by atoms with Gasteiger partial charge in [-0.25, -0.2) is 9.48 Å². The molecule has 0 radical (unpaired) electrons. The Morgan fingerprint density at radius 1 is 1.00 bits per heavy atom. The Kier molecular flexibility index (Phi) is 5.39. The van der Waals surface area contributed by atoms with Crippen LogP contribution >= 0.6 is 11.6 Å². The first-order chi connectivity index (χ1) is 12.7. The van der Waals surface area contributed by atoms with Gasteiger partial charge in [-0.15, -0.1) is 0 Å². The van der Waals surface area contributed by atoms with Gasteiger partial charge < -0.3 is 5.32 Å². The van der Waals surface area contributed by atoms with Crippen LogP contribution in [0.2, 0.25) is 24.7 Å². The Morgan fingerprint density at radius 2 is 1.63 bits per heavy atom. The van der Waals surface area contributed by atoms with E-state index in [1.54, 1.807) is 28.9 Å². The van der Waals surface area contributed by atoms with E-state index in [9.17, 15) is 4.79 Å². The summed E-state index contributed by atoms with van der Waals surface area (Å²) in [6.07, 6.45) is 0. The van der Waals surface area contributed by atoms with Gasteiger partial charge in [0, 0.05) is 16.0 Å². The predicted octanol–water partition coefficient (Wildman–Crippen LogP) is 5.02. The Hall–Kier alpha value is -2.57. The number of hydrogen-bond acceptors (Lipinski definition) is 2. The Bertz CT molecular complexity index is 944. The van der Waals surface area contributed by atoms with E-state index in [1.807, 2.05) is 37.3 Å². The molecule has 27 heavy (non-hydrogen) atoms. The first-order valence-electron chi connectivity index (χ1n) is 8.73. The lowest BCUT2D eigenvalue weighted by atomic mass is 10.2. The normalized spacial score (nSPS) is 11.3. The van der Waals surface area contributed by atoms with Crippen molar-refractivity contribution in [1.82, 2.24) is 9.78 Å². The molecule has 0 spiro atoms. The van der Waals surface area contributed by atoms with Crippen molar-refractivity contribution in [3.63, 3.8) is 0 Å². The van der Waals surface area contributed by atoms with E-state index >= 15 is 0 Å². The third-order valence-electron chi connectivity index (χ3n) is 4.10. The fourth-order valence-corrected chi connectivity index (χ4v) is 3.63. The minimum Gasteiger partial charge on any atom is -0.308 e. The Labute approximate surface area is 165 Å². The summed E-state index contributed by atoms with van der Waals surface area (Å²) in [5, 5.41) is 12.2. The molecular weight excluding hydrogens is 376 g/mol. The van der Waals surface area contributed by atoms with Gasteiger partial charge in [0.1, 0.15) is 13.9 Å². The molecule has 0 aliphatic rings. The number of nitrogens with one attached hydrogen (secondary N) is 2. The maximum absolute atomic E-state index is 12.5. The average molecular weight is 399 g/mol. The summed E-state index contributed by atoms with van der Waals surface area (Å²) < 4.78 is 1.79. The number of amides is 2. The number of aromatic nitrogens is 2. The van der Waals surface area contributed by atoms with Gasteiger partial charge in [-0.05, 0) is 49.4 Å². The quantitative estimate of drug-likeness (QED) is 0.606. The van der Waals surface area contributed by atoms with E-state index in [2.05, 4.69) is 30.3 Å². The molecule has 2 amide bonds. The fourth-order valence-electron chi connectivity index (χ4n) is 2.53. The number of nitrogens with zero attached hydrogens (tertiary/aromatic N) is 2. The van der Waals surface area contributed by atoms with Crippen LogP contribution in [0.15, 0.2) is 54.6 Å². The highest BCUT2D eigenvalue weighted by Gasteiger charge is 2.23. The molecule has 0 saturated carbocycles. The molecule has 3 aromatic rings. The molecule has 0 saturated heterocycles. The lowest BCUT2D eigenvalue weighted by Gasteiger charge is -2.11. The minimum absolute atomic E-state index is 0.326. The number of halogens is 1. The molecule has 140 valence electrons. The van der Waals surface area contributed by atoms with Crippen LogP contribution in [0.1, 0.15) is 5.56 Å². The summed E-state index contributed by atoms with van der Waals surface area (Å²) in [6.45, 7) is 8.73. The number of hydrogen-bond donors (Lipinski definition) is 2. The summed E-state index contributed by atoms with van der Waals surface area (Å²) in [6, 6.07) is 16.7. The fraction of sp³-hybridized carbons (Fsp3) is 0.200. The largest absolute Gasteiger partial charge is 0.324 e. The summed E-state index contributed by atoms with van der Waals surface area (Å²) in [7, 11) is -1.64. The first-order valence-corrected chi connectivity index (χ1v) is 12.6. The minimum atomic E-state index is -1.64. The van der Waals surface area contributed by atoms with Crippen molar-refractivity contribution in [3.8, 4) is 5.69 Å². The van der Waals surface area contributed by atoms with E-state index in [4.69, 9.17) is 16.7 Å². The highest BCUT2D eigenvalue weighted by Crippen LogP contribution is 2.18. The molecule has 2 aromatic carbocycles. The molecule has 2 N–H and O–H groups in total. The van der Waals surface area contributed by atoms with Crippen molar-refractivity contribution in [3.05, 3.63) is 65.2 Å². The lowest BCUT2D eigenvalue weighted by Crippen LogP contribution is -2.39. The molecule has 3 rings (SSSR count). The van der Waals surface area contributed by atoms with Gasteiger partial charge in [0.2, 0.25) is 0 Å². The molecule has 7 heteroatoms. The molecule has 0 aliphatic carbocycles. The van der Waals surface area contributed by atoms with Gasteiger partial charge in [-0.2, -0.15) is 5.10 Å². The Morgan fingerprint density at radius 3 is 2.22 bits per heavy atom. The molecule has 1 aromatic heterocycles. The van der Waals surface area contributed by atoms with Crippen LogP contribution in [0.5, 0.6) is 0 Å². The maximum atomic E-state index is 12.5. The van der Waals surface area contributed by atoms with Gasteiger partial charge in [0.25, 0.3) is 0 Å². The number of anilines is 2. The number of carbonyl (C=O) groups excluding carboxylic acids is 1. The van der Waals surface area contributed by atoms with Crippen LogP contribution in [0.3, 0.4) is 0 Å². The van der Waals surface area contributed by atoms with Crippen LogP contribution in [0.25, 0.3) is 5.69 Å². The molecule has 0 fully saturated rings. The summed E-state index contributed by atoms with van der Waals surface area (Å²) in [5.74, 6) is 0.641. The van der Waals surface area contributed by atoms with Crippen molar-refractivity contribution < 1.29 is 4.79 Å². The van der Waals surface area contributed by atoms with Crippen molar-refractivity contribution in [2.24, 2.45) is 0 Å². The lowest BCUT2D eigenvalue weighted by molar-refractivity contribution is 0.262. The van der Waals surface area contributed by atoms with E-state index in [0.717, 1.165) is 11.0 Å². The van der Waals surface area contributed by atoms with Gasteiger partial charge in [-0.3, -0.25) is 5.32 Å². The monoisotopic (exact) mass is 398 g/mol. The third kappa shape index (κ3) is 4.78. The van der Waals surface area contributed by atoms with Crippen LogP contribution in [0, 0.1) is 6.92 Å². The van der Waals surface area contributed by atoms with Crippen LogP contribution in [0.4, 0.5) is 16.3 Å². The van der Waals surface area contributed by atoms with E-state index in [0.29, 0.717) is 16.5 Å². The van der Waals surface area contributed by atoms with Crippen molar-refractivity contribution in [2.75, 3.05) is 10.6 Å². The maximum Gasteiger partial charge on any atom is 0.324 e. The molecule has 0 bridgehead atoms. The topological polar surface area (TPSA) is 59.0 Å². The Balaban J connectivity index is 1.88. The summed E-state index contributed by atoms with van der Waals surface area (Å²) in [5.41, 5.74) is 2.75. The molecule has 0 atom stereocenters. The second-order valence-corrected chi connectivity index (χ2v) is 12.9. The summed E-state index contributed by atoms with van der Waals surface area (Å²) >= 11 is 5.89.